The molecule has 104 valence electrons. The Bertz CT molecular complexity index is 517. The summed E-state index contributed by atoms with van der Waals surface area (Å²) in [5.41, 5.74) is 2.20. The van der Waals surface area contributed by atoms with E-state index in [1.54, 1.807) is 0 Å². The van der Waals surface area contributed by atoms with Crippen LogP contribution in [-0.2, 0) is 4.74 Å². The van der Waals surface area contributed by atoms with Gasteiger partial charge < -0.3 is 9.47 Å². The van der Waals surface area contributed by atoms with Crippen LogP contribution in [0.2, 0.25) is 0 Å². The summed E-state index contributed by atoms with van der Waals surface area (Å²) >= 11 is 0. The van der Waals surface area contributed by atoms with E-state index < -0.39 is 0 Å². The Labute approximate surface area is 120 Å². The number of rotatable bonds is 7. The SMILES string of the molecule is C=Cc1ccc(OC(COCC)c2ccccc2)cc1. The fraction of sp³-hybridized carbons (Fsp3) is 0.222. The summed E-state index contributed by atoms with van der Waals surface area (Å²) in [4.78, 5) is 0. The molecule has 0 saturated heterocycles. The van der Waals surface area contributed by atoms with E-state index in [1.165, 1.54) is 0 Å². The summed E-state index contributed by atoms with van der Waals surface area (Å²) in [6.45, 7) is 6.96. The molecule has 2 heteroatoms. The molecule has 0 N–H and O–H groups in total. The van der Waals surface area contributed by atoms with Gasteiger partial charge in [0.1, 0.15) is 11.9 Å². The molecule has 2 aromatic rings. The average molecular weight is 268 g/mol. The predicted octanol–water partition coefficient (Wildman–Crippen LogP) is 4.49. The fourth-order valence-electron chi connectivity index (χ4n) is 1.94. The molecule has 2 nitrogen and oxygen atoms in total. The minimum atomic E-state index is -0.0919. The van der Waals surface area contributed by atoms with Crippen LogP contribution in [0.4, 0.5) is 0 Å². The zero-order chi connectivity index (χ0) is 14.2. The molecular weight excluding hydrogens is 248 g/mol. The molecule has 0 fully saturated rings. The van der Waals surface area contributed by atoms with Gasteiger partial charge in [0.05, 0.1) is 6.61 Å². The van der Waals surface area contributed by atoms with E-state index in [-0.39, 0.29) is 6.10 Å². The van der Waals surface area contributed by atoms with Gasteiger partial charge in [0.15, 0.2) is 0 Å². The lowest BCUT2D eigenvalue weighted by Gasteiger charge is -2.19. The van der Waals surface area contributed by atoms with Crippen LogP contribution in [-0.4, -0.2) is 13.2 Å². The molecule has 0 aliphatic rings. The van der Waals surface area contributed by atoms with Gasteiger partial charge >= 0.3 is 0 Å². The van der Waals surface area contributed by atoms with Crippen LogP contribution >= 0.6 is 0 Å². The summed E-state index contributed by atoms with van der Waals surface area (Å²) in [6.07, 6.45) is 1.73. The highest BCUT2D eigenvalue weighted by molar-refractivity contribution is 5.48. The van der Waals surface area contributed by atoms with Crippen molar-refractivity contribution < 1.29 is 9.47 Å². The molecule has 0 heterocycles. The highest BCUT2D eigenvalue weighted by Gasteiger charge is 2.13. The largest absolute Gasteiger partial charge is 0.483 e. The molecule has 0 aliphatic heterocycles. The molecule has 0 saturated carbocycles. The average Bonchev–Trinajstić information content (AvgIpc) is 2.53. The van der Waals surface area contributed by atoms with Gasteiger partial charge in [-0.2, -0.15) is 0 Å². The molecule has 0 aromatic heterocycles. The molecule has 0 amide bonds. The number of hydrogen-bond acceptors (Lipinski definition) is 2. The highest BCUT2D eigenvalue weighted by Crippen LogP contribution is 2.23. The summed E-state index contributed by atoms with van der Waals surface area (Å²) in [5, 5.41) is 0. The first kappa shape index (κ1) is 14.4. The zero-order valence-corrected chi connectivity index (χ0v) is 11.8. The molecule has 0 aliphatic carbocycles. The van der Waals surface area contributed by atoms with Gasteiger partial charge in [-0.3, -0.25) is 0 Å². The van der Waals surface area contributed by atoms with Gasteiger partial charge in [0.2, 0.25) is 0 Å². The lowest BCUT2D eigenvalue weighted by Crippen LogP contribution is -2.14. The van der Waals surface area contributed by atoms with Crippen LogP contribution in [0.5, 0.6) is 5.75 Å². The van der Waals surface area contributed by atoms with E-state index in [2.05, 4.69) is 18.7 Å². The van der Waals surface area contributed by atoms with Crippen LogP contribution in [0, 0.1) is 0 Å². The smallest absolute Gasteiger partial charge is 0.147 e. The van der Waals surface area contributed by atoms with Crippen LogP contribution < -0.4 is 4.74 Å². The van der Waals surface area contributed by atoms with Crippen molar-refractivity contribution in [3.8, 4) is 5.75 Å². The number of benzene rings is 2. The van der Waals surface area contributed by atoms with Crippen molar-refractivity contribution in [1.82, 2.24) is 0 Å². The van der Waals surface area contributed by atoms with Crippen LogP contribution in [0.15, 0.2) is 61.2 Å². The maximum atomic E-state index is 6.04. The van der Waals surface area contributed by atoms with Crippen LogP contribution in [0.1, 0.15) is 24.2 Å². The number of hydrogen-bond donors (Lipinski definition) is 0. The maximum Gasteiger partial charge on any atom is 0.147 e. The van der Waals surface area contributed by atoms with Crippen molar-refractivity contribution in [2.45, 2.75) is 13.0 Å². The second-order valence-electron chi connectivity index (χ2n) is 4.45. The summed E-state index contributed by atoms with van der Waals surface area (Å²) < 4.78 is 11.6. The lowest BCUT2D eigenvalue weighted by atomic mass is 10.1. The first-order valence-electron chi connectivity index (χ1n) is 6.85. The highest BCUT2D eigenvalue weighted by atomic mass is 16.5. The van der Waals surface area contributed by atoms with E-state index >= 15 is 0 Å². The van der Waals surface area contributed by atoms with Gasteiger partial charge in [-0.1, -0.05) is 55.1 Å². The van der Waals surface area contributed by atoms with Gasteiger partial charge in [0, 0.05) is 6.61 Å². The zero-order valence-electron chi connectivity index (χ0n) is 11.8. The summed E-state index contributed by atoms with van der Waals surface area (Å²) in [5.74, 6) is 0.837. The van der Waals surface area contributed by atoms with Gasteiger partial charge in [-0.15, -0.1) is 0 Å². The monoisotopic (exact) mass is 268 g/mol. The molecule has 20 heavy (non-hydrogen) atoms. The minimum absolute atomic E-state index is 0.0919. The number of ether oxygens (including phenoxy) is 2. The molecule has 1 atom stereocenters. The molecule has 2 aromatic carbocycles. The Morgan fingerprint density at radius 1 is 1.05 bits per heavy atom. The molecule has 0 radical (unpaired) electrons. The van der Waals surface area contributed by atoms with E-state index in [9.17, 15) is 0 Å². The van der Waals surface area contributed by atoms with E-state index in [0.717, 1.165) is 16.9 Å². The molecule has 0 spiro atoms. The van der Waals surface area contributed by atoms with Crippen molar-refractivity contribution >= 4 is 6.08 Å². The molecule has 1 unspecified atom stereocenters. The first-order valence-corrected chi connectivity index (χ1v) is 6.85. The topological polar surface area (TPSA) is 18.5 Å². The van der Waals surface area contributed by atoms with Crippen molar-refractivity contribution in [2.75, 3.05) is 13.2 Å². The van der Waals surface area contributed by atoms with Crippen LogP contribution in [0.25, 0.3) is 6.08 Å². The minimum Gasteiger partial charge on any atom is -0.483 e. The predicted molar refractivity (Wildman–Crippen MR) is 82.8 cm³/mol. The quantitative estimate of drug-likeness (QED) is 0.736. The fourth-order valence-corrected chi connectivity index (χ4v) is 1.94. The van der Waals surface area contributed by atoms with E-state index in [4.69, 9.17) is 9.47 Å². The van der Waals surface area contributed by atoms with Crippen molar-refractivity contribution in [3.05, 3.63) is 72.3 Å². The molecular formula is C18H20O2. The van der Waals surface area contributed by atoms with E-state index in [0.29, 0.717) is 13.2 Å². The Kier molecular flexibility index (Phi) is 5.39. The Morgan fingerprint density at radius 2 is 1.75 bits per heavy atom. The van der Waals surface area contributed by atoms with Crippen LogP contribution in [0.3, 0.4) is 0 Å². The van der Waals surface area contributed by atoms with Gasteiger partial charge in [-0.05, 0) is 30.2 Å². The first-order chi connectivity index (χ1) is 9.83. The second kappa shape index (κ2) is 7.51. The second-order valence-corrected chi connectivity index (χ2v) is 4.45. The third-order valence-corrected chi connectivity index (χ3v) is 3.04. The third-order valence-electron chi connectivity index (χ3n) is 3.04. The van der Waals surface area contributed by atoms with Crippen molar-refractivity contribution in [2.24, 2.45) is 0 Å². The van der Waals surface area contributed by atoms with Crippen molar-refractivity contribution in [1.29, 1.82) is 0 Å². The van der Waals surface area contributed by atoms with E-state index in [1.807, 2.05) is 55.5 Å². The summed E-state index contributed by atoms with van der Waals surface area (Å²) in [7, 11) is 0. The summed E-state index contributed by atoms with van der Waals surface area (Å²) in [6, 6.07) is 18.0. The maximum absolute atomic E-state index is 6.04. The molecule has 0 bridgehead atoms. The standard InChI is InChI=1S/C18H20O2/c1-3-15-10-12-17(13-11-15)20-18(14-19-4-2)16-8-6-5-7-9-16/h3,5-13,18H,1,4,14H2,2H3. The molecule has 2 rings (SSSR count). The Balaban J connectivity index is 2.12. The Morgan fingerprint density at radius 3 is 2.35 bits per heavy atom. The normalized spacial score (nSPS) is 11.8. The lowest BCUT2D eigenvalue weighted by molar-refractivity contribution is 0.0561. The van der Waals surface area contributed by atoms with Gasteiger partial charge in [-0.25, -0.2) is 0 Å². The van der Waals surface area contributed by atoms with Gasteiger partial charge in [0.25, 0.3) is 0 Å². The Hall–Kier alpha value is -2.06. The third kappa shape index (κ3) is 3.97. The van der Waals surface area contributed by atoms with Crippen molar-refractivity contribution in [3.63, 3.8) is 0 Å².